The molecular weight excluding hydrogens is 356 g/mol. The van der Waals surface area contributed by atoms with E-state index in [1.165, 1.54) is 12.1 Å². The lowest BCUT2D eigenvalue weighted by molar-refractivity contribution is 0.0731. The summed E-state index contributed by atoms with van der Waals surface area (Å²) in [6.45, 7) is 0.616. The smallest absolute Gasteiger partial charge is 0.254 e. The number of sulfonamides is 1. The minimum absolute atomic E-state index is 0.0324. The zero-order chi connectivity index (χ0) is 17.4. The van der Waals surface area contributed by atoms with Crippen molar-refractivity contribution >= 4 is 27.3 Å². The van der Waals surface area contributed by atoms with Gasteiger partial charge >= 0.3 is 0 Å². The van der Waals surface area contributed by atoms with Crippen LogP contribution in [-0.2, 0) is 16.6 Å². The van der Waals surface area contributed by atoms with Crippen molar-refractivity contribution < 1.29 is 13.2 Å². The SMILES string of the molecule is O=C(c1ccc(S(=O)(=O)NC2CC2)cc1)N(Cc1cccs1)C1CC1. The number of hydrogen-bond donors (Lipinski definition) is 1. The fraction of sp³-hybridized carbons (Fsp3) is 0.389. The van der Waals surface area contributed by atoms with Crippen LogP contribution in [0.5, 0.6) is 0 Å². The molecule has 0 radical (unpaired) electrons. The molecule has 0 unspecified atom stereocenters. The topological polar surface area (TPSA) is 66.5 Å². The minimum Gasteiger partial charge on any atom is -0.331 e. The average Bonchev–Trinajstić information content (AvgIpc) is 3.53. The van der Waals surface area contributed by atoms with E-state index < -0.39 is 10.0 Å². The Labute approximate surface area is 151 Å². The molecule has 2 saturated carbocycles. The fourth-order valence-electron chi connectivity index (χ4n) is 2.75. The Kier molecular flexibility index (Phi) is 4.39. The van der Waals surface area contributed by atoms with E-state index in [0.29, 0.717) is 18.2 Å². The van der Waals surface area contributed by atoms with Crippen LogP contribution in [0.4, 0.5) is 0 Å². The van der Waals surface area contributed by atoms with Crippen LogP contribution in [0.25, 0.3) is 0 Å². The van der Waals surface area contributed by atoms with E-state index >= 15 is 0 Å². The first kappa shape index (κ1) is 16.8. The molecule has 0 spiro atoms. The number of nitrogens with zero attached hydrogens (tertiary/aromatic N) is 1. The minimum atomic E-state index is -3.48. The first-order valence-corrected chi connectivity index (χ1v) is 10.8. The molecule has 4 rings (SSSR count). The molecule has 2 aromatic rings. The number of hydrogen-bond acceptors (Lipinski definition) is 4. The Bertz CT molecular complexity index is 852. The molecule has 0 aliphatic heterocycles. The predicted molar refractivity (Wildman–Crippen MR) is 97.0 cm³/mol. The lowest BCUT2D eigenvalue weighted by Crippen LogP contribution is -2.32. The lowest BCUT2D eigenvalue weighted by atomic mass is 10.2. The summed E-state index contributed by atoms with van der Waals surface area (Å²) in [5.41, 5.74) is 0.536. The zero-order valence-corrected chi connectivity index (χ0v) is 15.4. The van der Waals surface area contributed by atoms with E-state index in [4.69, 9.17) is 0 Å². The molecule has 0 atom stereocenters. The maximum atomic E-state index is 12.9. The third kappa shape index (κ3) is 3.94. The maximum absolute atomic E-state index is 12.9. The van der Waals surface area contributed by atoms with E-state index in [9.17, 15) is 13.2 Å². The number of thiophene rings is 1. The molecular formula is C18H20N2O3S2. The molecule has 132 valence electrons. The number of benzene rings is 1. The van der Waals surface area contributed by atoms with Gasteiger partial charge in [-0.1, -0.05) is 6.07 Å². The summed E-state index contributed by atoms with van der Waals surface area (Å²) in [4.78, 5) is 16.1. The summed E-state index contributed by atoms with van der Waals surface area (Å²) in [7, 11) is -3.48. The van der Waals surface area contributed by atoms with Crippen LogP contribution >= 0.6 is 11.3 Å². The van der Waals surface area contributed by atoms with Crippen molar-refractivity contribution in [2.75, 3.05) is 0 Å². The van der Waals surface area contributed by atoms with Gasteiger partial charge in [0.25, 0.3) is 5.91 Å². The molecule has 5 nitrogen and oxygen atoms in total. The predicted octanol–water partition coefficient (Wildman–Crippen LogP) is 2.99. The van der Waals surface area contributed by atoms with Crippen LogP contribution < -0.4 is 4.72 Å². The number of carbonyl (C=O) groups excluding carboxylic acids is 1. The van der Waals surface area contributed by atoms with Crippen LogP contribution in [0.2, 0.25) is 0 Å². The summed E-state index contributed by atoms with van der Waals surface area (Å²) < 4.78 is 27.1. The molecule has 2 aliphatic rings. The van der Waals surface area contributed by atoms with Crippen LogP contribution in [0, 0.1) is 0 Å². The highest BCUT2D eigenvalue weighted by atomic mass is 32.2. The van der Waals surface area contributed by atoms with Gasteiger partial charge in [0.05, 0.1) is 11.4 Å². The molecule has 2 aliphatic carbocycles. The number of nitrogens with one attached hydrogen (secondary N) is 1. The van der Waals surface area contributed by atoms with E-state index in [1.54, 1.807) is 23.5 Å². The molecule has 0 bridgehead atoms. The first-order valence-electron chi connectivity index (χ1n) is 8.49. The normalized spacial score (nSPS) is 17.4. The second kappa shape index (κ2) is 6.55. The Morgan fingerprint density at radius 1 is 1.12 bits per heavy atom. The number of amides is 1. The Morgan fingerprint density at radius 2 is 1.84 bits per heavy atom. The molecule has 25 heavy (non-hydrogen) atoms. The second-order valence-electron chi connectivity index (χ2n) is 6.66. The Hall–Kier alpha value is -1.70. The molecule has 7 heteroatoms. The summed E-state index contributed by atoms with van der Waals surface area (Å²) in [5.74, 6) is -0.0324. The van der Waals surface area contributed by atoms with E-state index in [-0.39, 0.29) is 16.8 Å². The van der Waals surface area contributed by atoms with Gasteiger partial charge in [-0.15, -0.1) is 11.3 Å². The van der Waals surface area contributed by atoms with Gasteiger partial charge in [0.2, 0.25) is 10.0 Å². The van der Waals surface area contributed by atoms with Crippen molar-refractivity contribution in [2.24, 2.45) is 0 Å². The third-order valence-corrected chi connectivity index (χ3v) is 6.86. The van der Waals surface area contributed by atoms with E-state index in [0.717, 1.165) is 30.6 Å². The molecule has 0 saturated heterocycles. The quantitative estimate of drug-likeness (QED) is 0.808. The lowest BCUT2D eigenvalue weighted by Gasteiger charge is -2.22. The van der Waals surface area contributed by atoms with Crippen molar-refractivity contribution in [1.29, 1.82) is 0 Å². The van der Waals surface area contributed by atoms with E-state index in [1.807, 2.05) is 22.4 Å². The molecule has 1 aromatic carbocycles. The standard InChI is InChI=1S/C18H20N2O3S2/c21-18(20(15-7-8-15)12-16-2-1-11-24-16)13-3-9-17(10-4-13)25(22,23)19-14-5-6-14/h1-4,9-11,14-15,19H,5-8,12H2. The molecule has 1 aromatic heterocycles. The van der Waals surface area contributed by atoms with Crippen LogP contribution in [0.3, 0.4) is 0 Å². The number of carbonyl (C=O) groups is 1. The van der Waals surface area contributed by atoms with Gasteiger partial charge in [-0.05, 0) is 61.4 Å². The van der Waals surface area contributed by atoms with Crippen LogP contribution in [0.15, 0.2) is 46.7 Å². The van der Waals surface area contributed by atoms with Gasteiger partial charge in [0, 0.05) is 22.5 Å². The molecule has 1 amide bonds. The largest absolute Gasteiger partial charge is 0.331 e. The molecule has 1 N–H and O–H groups in total. The van der Waals surface area contributed by atoms with Gasteiger partial charge < -0.3 is 4.90 Å². The number of rotatable bonds is 7. The van der Waals surface area contributed by atoms with Crippen molar-refractivity contribution in [3.8, 4) is 0 Å². The highest BCUT2D eigenvalue weighted by Gasteiger charge is 2.33. The van der Waals surface area contributed by atoms with Crippen molar-refractivity contribution in [3.05, 3.63) is 52.2 Å². The summed E-state index contributed by atoms with van der Waals surface area (Å²) in [6.07, 6.45) is 3.87. The van der Waals surface area contributed by atoms with Crippen molar-refractivity contribution in [1.82, 2.24) is 9.62 Å². The monoisotopic (exact) mass is 376 g/mol. The second-order valence-corrected chi connectivity index (χ2v) is 9.41. The maximum Gasteiger partial charge on any atom is 0.254 e. The third-order valence-electron chi connectivity index (χ3n) is 4.47. The van der Waals surface area contributed by atoms with Crippen molar-refractivity contribution in [3.63, 3.8) is 0 Å². The fourth-order valence-corrected chi connectivity index (χ4v) is 4.76. The average molecular weight is 377 g/mol. The summed E-state index contributed by atoms with van der Waals surface area (Å²) in [6, 6.07) is 10.7. The van der Waals surface area contributed by atoms with Crippen molar-refractivity contribution in [2.45, 2.75) is 49.2 Å². The summed E-state index contributed by atoms with van der Waals surface area (Å²) in [5, 5.41) is 2.01. The van der Waals surface area contributed by atoms with Gasteiger partial charge in [-0.2, -0.15) is 0 Å². The van der Waals surface area contributed by atoms with Gasteiger partial charge in [0.15, 0.2) is 0 Å². The highest BCUT2D eigenvalue weighted by Crippen LogP contribution is 2.31. The van der Waals surface area contributed by atoms with Crippen LogP contribution in [-0.4, -0.2) is 31.3 Å². The molecule has 2 fully saturated rings. The zero-order valence-electron chi connectivity index (χ0n) is 13.7. The van der Waals surface area contributed by atoms with E-state index in [2.05, 4.69) is 4.72 Å². The van der Waals surface area contributed by atoms with Gasteiger partial charge in [-0.25, -0.2) is 13.1 Å². The first-order chi connectivity index (χ1) is 12.0. The Balaban J connectivity index is 1.50. The highest BCUT2D eigenvalue weighted by molar-refractivity contribution is 7.89. The van der Waals surface area contributed by atoms with Gasteiger partial charge in [-0.3, -0.25) is 4.79 Å². The van der Waals surface area contributed by atoms with Gasteiger partial charge in [0.1, 0.15) is 0 Å². The summed E-state index contributed by atoms with van der Waals surface area (Å²) >= 11 is 1.64. The Morgan fingerprint density at radius 3 is 2.40 bits per heavy atom. The van der Waals surface area contributed by atoms with Crippen LogP contribution in [0.1, 0.15) is 40.9 Å². The molecule has 1 heterocycles.